The van der Waals surface area contributed by atoms with Crippen molar-refractivity contribution in [3.05, 3.63) is 23.3 Å². The van der Waals surface area contributed by atoms with Gasteiger partial charge in [0.25, 0.3) is 0 Å². The molecule has 0 saturated heterocycles. The molecular formula is C12H14N2O3. The van der Waals surface area contributed by atoms with Crippen LogP contribution in [0.2, 0.25) is 0 Å². The summed E-state index contributed by atoms with van der Waals surface area (Å²) in [5, 5.41) is 13.7. The molecule has 0 fully saturated rings. The monoisotopic (exact) mass is 234 g/mol. The van der Waals surface area contributed by atoms with E-state index in [0.29, 0.717) is 17.0 Å². The Morgan fingerprint density at radius 1 is 1.35 bits per heavy atom. The minimum Gasteiger partial charge on any atom is -0.504 e. The summed E-state index contributed by atoms with van der Waals surface area (Å²) in [7, 11) is 1.52. The molecule has 1 aromatic carbocycles. The molecule has 0 aliphatic heterocycles. The quantitative estimate of drug-likeness (QED) is 0.832. The fourth-order valence-corrected chi connectivity index (χ4v) is 1.80. The Morgan fingerprint density at radius 2 is 2.06 bits per heavy atom. The predicted molar refractivity (Wildman–Crippen MR) is 64.0 cm³/mol. The molecule has 0 aliphatic carbocycles. The Hall–Kier alpha value is -2.17. The number of ether oxygens (including phenoxy) is 1. The number of aryl methyl sites for hydroxylation is 1. The zero-order valence-electron chi connectivity index (χ0n) is 9.94. The van der Waals surface area contributed by atoms with E-state index in [9.17, 15) is 5.11 Å². The van der Waals surface area contributed by atoms with Crippen molar-refractivity contribution in [2.24, 2.45) is 0 Å². The lowest BCUT2D eigenvalue weighted by Crippen LogP contribution is -1.93. The highest BCUT2D eigenvalue weighted by Crippen LogP contribution is 2.39. The zero-order chi connectivity index (χ0) is 12.6. The van der Waals surface area contributed by atoms with E-state index < -0.39 is 0 Å². The largest absolute Gasteiger partial charge is 0.504 e. The molecule has 2 rings (SSSR count). The molecule has 0 atom stereocenters. The molecule has 3 N–H and O–H groups in total. The summed E-state index contributed by atoms with van der Waals surface area (Å²) in [6.07, 6.45) is 0. The number of rotatable bonds is 2. The number of nitrogen functional groups attached to an aromatic ring is 1. The molecule has 0 aliphatic rings. The van der Waals surface area contributed by atoms with E-state index in [1.54, 1.807) is 13.0 Å². The first kappa shape index (κ1) is 11.3. The SMILES string of the molecule is COc1c(C)c(-c2cc(N)on2)cc(C)c1O. The third-order valence-electron chi connectivity index (χ3n) is 2.70. The van der Waals surface area contributed by atoms with Gasteiger partial charge in [-0.25, -0.2) is 0 Å². The number of nitrogens with zero attached hydrogens (tertiary/aromatic N) is 1. The van der Waals surface area contributed by atoms with Gasteiger partial charge in [-0.1, -0.05) is 5.16 Å². The number of anilines is 1. The van der Waals surface area contributed by atoms with Crippen molar-refractivity contribution >= 4 is 5.88 Å². The molecule has 5 heteroatoms. The van der Waals surface area contributed by atoms with Crippen LogP contribution in [0.1, 0.15) is 11.1 Å². The van der Waals surface area contributed by atoms with Crippen LogP contribution in [-0.4, -0.2) is 17.4 Å². The normalized spacial score (nSPS) is 10.5. The number of hydrogen-bond donors (Lipinski definition) is 2. The maximum Gasteiger partial charge on any atom is 0.222 e. The van der Waals surface area contributed by atoms with E-state index in [2.05, 4.69) is 5.16 Å². The fourth-order valence-electron chi connectivity index (χ4n) is 1.80. The Morgan fingerprint density at radius 3 is 2.59 bits per heavy atom. The molecule has 0 amide bonds. The molecule has 5 nitrogen and oxygen atoms in total. The van der Waals surface area contributed by atoms with Gasteiger partial charge in [-0.3, -0.25) is 0 Å². The lowest BCUT2D eigenvalue weighted by molar-refractivity contribution is 0.369. The van der Waals surface area contributed by atoms with Crippen LogP contribution in [0.25, 0.3) is 11.3 Å². The number of aromatic nitrogens is 1. The topological polar surface area (TPSA) is 81.5 Å². The van der Waals surface area contributed by atoms with Crippen molar-refractivity contribution in [1.82, 2.24) is 5.16 Å². The van der Waals surface area contributed by atoms with Crippen molar-refractivity contribution in [1.29, 1.82) is 0 Å². The van der Waals surface area contributed by atoms with Crippen LogP contribution in [0.15, 0.2) is 16.7 Å². The maximum absolute atomic E-state index is 9.86. The van der Waals surface area contributed by atoms with Gasteiger partial charge in [-0.2, -0.15) is 0 Å². The number of phenols is 1. The van der Waals surface area contributed by atoms with Gasteiger partial charge in [-0.15, -0.1) is 0 Å². The van der Waals surface area contributed by atoms with Gasteiger partial charge in [0.15, 0.2) is 11.5 Å². The fraction of sp³-hybridized carbons (Fsp3) is 0.250. The van der Waals surface area contributed by atoms with E-state index in [1.165, 1.54) is 7.11 Å². The van der Waals surface area contributed by atoms with Crippen molar-refractivity contribution in [2.75, 3.05) is 12.8 Å². The highest BCUT2D eigenvalue weighted by Gasteiger charge is 2.16. The predicted octanol–water partition coefficient (Wildman–Crippen LogP) is 2.25. The van der Waals surface area contributed by atoms with E-state index in [1.807, 2.05) is 13.0 Å². The van der Waals surface area contributed by atoms with Crippen LogP contribution >= 0.6 is 0 Å². The second-order valence-electron chi connectivity index (χ2n) is 3.86. The van der Waals surface area contributed by atoms with Gasteiger partial charge in [0, 0.05) is 17.2 Å². The van der Waals surface area contributed by atoms with E-state index in [4.69, 9.17) is 15.0 Å². The van der Waals surface area contributed by atoms with Crippen LogP contribution in [0.3, 0.4) is 0 Å². The number of hydrogen-bond acceptors (Lipinski definition) is 5. The molecule has 17 heavy (non-hydrogen) atoms. The number of nitrogens with two attached hydrogens (primary N) is 1. The highest BCUT2D eigenvalue weighted by atomic mass is 16.5. The number of phenolic OH excluding ortho intramolecular Hbond substituents is 1. The minimum absolute atomic E-state index is 0.144. The molecule has 1 aromatic heterocycles. The van der Waals surface area contributed by atoms with E-state index in [0.717, 1.165) is 11.1 Å². The second kappa shape index (κ2) is 4.01. The van der Waals surface area contributed by atoms with Crippen molar-refractivity contribution in [3.63, 3.8) is 0 Å². The first-order valence-corrected chi connectivity index (χ1v) is 5.14. The molecular weight excluding hydrogens is 220 g/mol. The van der Waals surface area contributed by atoms with Crippen LogP contribution < -0.4 is 10.5 Å². The number of aromatic hydroxyl groups is 1. The number of benzene rings is 1. The Balaban J connectivity index is 2.67. The van der Waals surface area contributed by atoms with Gasteiger partial charge in [0.05, 0.1) is 7.11 Å². The molecule has 2 aromatic rings. The van der Waals surface area contributed by atoms with Crippen LogP contribution in [0, 0.1) is 13.8 Å². The molecule has 1 heterocycles. The standard InChI is InChI=1S/C12H14N2O3/c1-6-4-8(9-5-10(13)17-14-9)7(2)12(16-3)11(6)15/h4-5,15H,13H2,1-3H3. The molecule has 0 unspecified atom stereocenters. The summed E-state index contributed by atoms with van der Waals surface area (Å²) < 4.78 is 10.0. The maximum atomic E-state index is 9.86. The van der Waals surface area contributed by atoms with Gasteiger partial charge in [0.2, 0.25) is 5.88 Å². The lowest BCUT2D eigenvalue weighted by Gasteiger charge is -2.12. The van der Waals surface area contributed by atoms with E-state index >= 15 is 0 Å². The van der Waals surface area contributed by atoms with Crippen molar-refractivity contribution in [2.45, 2.75) is 13.8 Å². The molecule has 0 bridgehead atoms. The first-order valence-electron chi connectivity index (χ1n) is 5.14. The summed E-state index contributed by atoms with van der Waals surface area (Å²) in [5.41, 5.74) is 8.46. The minimum atomic E-state index is 0.144. The van der Waals surface area contributed by atoms with Gasteiger partial charge >= 0.3 is 0 Å². The molecule has 0 saturated carbocycles. The summed E-state index contributed by atoms with van der Waals surface area (Å²) in [5.74, 6) is 0.843. The van der Waals surface area contributed by atoms with Gasteiger partial charge in [0.1, 0.15) is 5.69 Å². The Kier molecular flexibility index (Phi) is 2.67. The van der Waals surface area contributed by atoms with Crippen molar-refractivity contribution < 1.29 is 14.4 Å². The van der Waals surface area contributed by atoms with Gasteiger partial charge < -0.3 is 20.1 Å². The number of methoxy groups -OCH3 is 1. The van der Waals surface area contributed by atoms with E-state index in [-0.39, 0.29) is 11.6 Å². The first-order chi connectivity index (χ1) is 8.04. The average Bonchev–Trinajstić information content (AvgIpc) is 2.71. The Bertz CT molecular complexity index is 561. The zero-order valence-corrected chi connectivity index (χ0v) is 9.94. The smallest absolute Gasteiger partial charge is 0.222 e. The molecule has 90 valence electrons. The third-order valence-corrected chi connectivity index (χ3v) is 2.70. The summed E-state index contributed by atoms with van der Waals surface area (Å²) in [6, 6.07) is 3.46. The third kappa shape index (κ3) is 1.80. The Labute approximate surface area is 98.8 Å². The summed E-state index contributed by atoms with van der Waals surface area (Å²) in [6.45, 7) is 3.64. The van der Waals surface area contributed by atoms with Crippen LogP contribution in [-0.2, 0) is 0 Å². The van der Waals surface area contributed by atoms with Crippen LogP contribution in [0.5, 0.6) is 11.5 Å². The lowest BCUT2D eigenvalue weighted by atomic mass is 10.0. The highest BCUT2D eigenvalue weighted by molar-refractivity contribution is 5.72. The van der Waals surface area contributed by atoms with Crippen molar-refractivity contribution in [3.8, 4) is 22.8 Å². The summed E-state index contributed by atoms with van der Waals surface area (Å²) >= 11 is 0. The molecule has 0 radical (unpaired) electrons. The van der Waals surface area contributed by atoms with Crippen LogP contribution in [0.4, 0.5) is 5.88 Å². The van der Waals surface area contributed by atoms with Gasteiger partial charge in [-0.05, 0) is 25.5 Å². The summed E-state index contributed by atoms with van der Waals surface area (Å²) in [4.78, 5) is 0. The average molecular weight is 234 g/mol. The molecule has 0 spiro atoms. The second-order valence-corrected chi connectivity index (χ2v) is 3.86.